The largest absolute Gasteiger partial charge is 0.491 e. The van der Waals surface area contributed by atoms with Gasteiger partial charge in [0.1, 0.15) is 34.6 Å². The average Bonchev–Trinajstić information content (AvgIpc) is 3.39. The van der Waals surface area contributed by atoms with Crippen LogP contribution in [0.25, 0.3) is 0 Å². The summed E-state index contributed by atoms with van der Waals surface area (Å²) in [5, 5.41) is 9.02. The van der Waals surface area contributed by atoms with Crippen molar-refractivity contribution in [1.29, 1.82) is 5.26 Å². The van der Waals surface area contributed by atoms with Gasteiger partial charge < -0.3 is 14.2 Å². The Bertz CT molecular complexity index is 1550. The van der Waals surface area contributed by atoms with Crippen LogP contribution in [-0.4, -0.2) is 85.5 Å². The lowest BCUT2D eigenvalue weighted by Gasteiger charge is -2.40. The number of benzene rings is 2. The summed E-state index contributed by atoms with van der Waals surface area (Å²) in [7, 11) is -3.30. The Morgan fingerprint density at radius 3 is 2.68 bits per heavy atom. The molecule has 3 aromatic rings. The molecular weight excluding hydrogens is 617 g/mol. The van der Waals surface area contributed by atoms with Crippen molar-refractivity contribution in [2.75, 3.05) is 49.8 Å². The number of sulfone groups is 1. The summed E-state index contributed by atoms with van der Waals surface area (Å²) >= 11 is 3.40. The topological polar surface area (TPSA) is 126 Å². The van der Waals surface area contributed by atoms with Gasteiger partial charge in [-0.15, -0.1) is 0 Å². The first kappa shape index (κ1) is 30.4. The van der Waals surface area contributed by atoms with Crippen LogP contribution < -0.4 is 9.64 Å². The molecule has 10 nitrogen and oxygen atoms in total. The van der Waals surface area contributed by atoms with Crippen LogP contribution in [0.15, 0.2) is 59.5 Å². The Morgan fingerprint density at radius 2 is 2.00 bits per heavy atom. The Kier molecular flexibility index (Phi) is 9.90. The van der Waals surface area contributed by atoms with Crippen molar-refractivity contribution in [3.8, 4) is 11.8 Å². The van der Waals surface area contributed by atoms with Crippen molar-refractivity contribution in [2.45, 2.75) is 19.0 Å². The van der Waals surface area contributed by atoms with E-state index in [2.05, 4.69) is 27.0 Å². The number of rotatable bonds is 12. The number of halogens is 2. The van der Waals surface area contributed by atoms with Crippen LogP contribution in [0.2, 0.25) is 0 Å². The van der Waals surface area contributed by atoms with Crippen LogP contribution >= 0.6 is 15.9 Å². The van der Waals surface area contributed by atoms with Crippen LogP contribution in [-0.2, 0) is 21.2 Å². The number of nitriles is 1. The lowest BCUT2D eigenvalue weighted by molar-refractivity contribution is -0.122. The SMILES string of the molecule is CS(=O)(=O)CC[C@H]1CN(c2cc(Br)cc(OCCF)c2)C(=O)CN1CC(=O)c1cncn1Cc1ccc(C#N)cc1. The van der Waals surface area contributed by atoms with Gasteiger partial charge in [0.05, 0.1) is 43.0 Å². The van der Waals surface area contributed by atoms with E-state index < -0.39 is 22.6 Å². The molecule has 0 spiro atoms. The minimum absolute atomic E-state index is 0.100. The van der Waals surface area contributed by atoms with Crippen molar-refractivity contribution in [2.24, 2.45) is 0 Å². The molecule has 0 N–H and O–H groups in total. The normalized spacial score (nSPS) is 16.0. The molecule has 4 rings (SSSR count). The maximum absolute atomic E-state index is 13.4. The van der Waals surface area contributed by atoms with E-state index in [0.29, 0.717) is 33.7 Å². The number of hydrogen-bond donors (Lipinski definition) is 0. The van der Waals surface area contributed by atoms with Crippen molar-refractivity contribution in [3.05, 3.63) is 76.3 Å². The van der Waals surface area contributed by atoms with Crippen LogP contribution in [0.4, 0.5) is 10.1 Å². The van der Waals surface area contributed by atoms with Gasteiger partial charge in [0.2, 0.25) is 5.91 Å². The second-order valence-corrected chi connectivity index (χ2v) is 13.0. The highest BCUT2D eigenvalue weighted by molar-refractivity contribution is 9.10. The number of alkyl halides is 1. The Labute approximate surface area is 246 Å². The molecule has 1 saturated heterocycles. The van der Waals surface area contributed by atoms with E-state index in [9.17, 15) is 22.4 Å². The fraction of sp³-hybridized carbons (Fsp3) is 0.357. The van der Waals surface area contributed by atoms with Gasteiger partial charge in [-0.25, -0.2) is 17.8 Å². The molecule has 1 aliphatic heterocycles. The minimum atomic E-state index is -3.30. The summed E-state index contributed by atoms with van der Waals surface area (Å²) in [4.78, 5) is 34.1. The minimum Gasteiger partial charge on any atom is -0.491 e. The van der Waals surface area contributed by atoms with E-state index >= 15 is 0 Å². The van der Waals surface area contributed by atoms with Crippen LogP contribution in [0.5, 0.6) is 5.75 Å². The number of aromatic nitrogens is 2. The summed E-state index contributed by atoms with van der Waals surface area (Å²) in [6.07, 6.45) is 4.39. The lowest BCUT2D eigenvalue weighted by atomic mass is 10.1. The first-order valence-corrected chi connectivity index (χ1v) is 15.7. The van der Waals surface area contributed by atoms with E-state index in [1.54, 1.807) is 46.1 Å². The van der Waals surface area contributed by atoms with Crippen molar-refractivity contribution < 1.29 is 27.1 Å². The van der Waals surface area contributed by atoms with E-state index in [4.69, 9.17) is 10.00 Å². The van der Waals surface area contributed by atoms with E-state index in [0.717, 1.165) is 11.8 Å². The quantitative estimate of drug-likeness (QED) is 0.275. The maximum Gasteiger partial charge on any atom is 0.241 e. The number of ketones is 1. The van der Waals surface area contributed by atoms with Gasteiger partial charge in [-0.1, -0.05) is 28.1 Å². The monoisotopic (exact) mass is 645 g/mol. The van der Waals surface area contributed by atoms with Gasteiger partial charge >= 0.3 is 0 Å². The van der Waals surface area contributed by atoms with Crippen LogP contribution in [0.3, 0.4) is 0 Å². The second-order valence-electron chi connectivity index (χ2n) is 9.80. The summed E-state index contributed by atoms with van der Waals surface area (Å²) < 4.78 is 44.4. The highest BCUT2D eigenvalue weighted by Crippen LogP contribution is 2.30. The Balaban J connectivity index is 1.53. The van der Waals surface area contributed by atoms with Crippen molar-refractivity contribution in [1.82, 2.24) is 14.5 Å². The smallest absolute Gasteiger partial charge is 0.241 e. The molecule has 0 radical (unpaired) electrons. The summed E-state index contributed by atoms with van der Waals surface area (Å²) in [6, 6.07) is 13.7. The van der Waals surface area contributed by atoms with Crippen LogP contribution in [0.1, 0.15) is 28.0 Å². The molecule has 0 aliphatic carbocycles. The molecule has 0 unspecified atom stereocenters. The third kappa shape index (κ3) is 8.22. The second kappa shape index (κ2) is 13.4. The van der Waals surface area contributed by atoms with Crippen molar-refractivity contribution in [3.63, 3.8) is 0 Å². The lowest BCUT2D eigenvalue weighted by Crippen LogP contribution is -2.58. The first-order valence-electron chi connectivity index (χ1n) is 12.8. The van der Waals surface area contributed by atoms with Gasteiger partial charge in [0.25, 0.3) is 0 Å². The Hall–Kier alpha value is -3.60. The number of amides is 1. The van der Waals surface area contributed by atoms with Gasteiger partial charge in [-0.3, -0.25) is 14.5 Å². The molecule has 216 valence electrons. The third-order valence-electron chi connectivity index (χ3n) is 6.67. The average molecular weight is 647 g/mol. The molecule has 0 bridgehead atoms. The van der Waals surface area contributed by atoms with Gasteiger partial charge in [-0.05, 0) is 36.2 Å². The summed E-state index contributed by atoms with van der Waals surface area (Å²) in [6.45, 7) is -0.461. The predicted molar refractivity (Wildman–Crippen MR) is 154 cm³/mol. The number of anilines is 1. The molecule has 2 heterocycles. The zero-order valence-electron chi connectivity index (χ0n) is 22.4. The fourth-order valence-electron chi connectivity index (χ4n) is 4.64. The molecule has 1 amide bonds. The molecule has 1 aliphatic rings. The number of nitrogens with zero attached hydrogens (tertiary/aromatic N) is 5. The van der Waals surface area contributed by atoms with Gasteiger partial charge in [0, 0.05) is 41.6 Å². The van der Waals surface area contributed by atoms with Gasteiger partial charge in [-0.2, -0.15) is 5.26 Å². The molecule has 2 aromatic carbocycles. The maximum atomic E-state index is 13.4. The number of carbonyl (C=O) groups is 2. The van der Waals surface area contributed by atoms with E-state index in [1.165, 1.54) is 11.1 Å². The van der Waals surface area contributed by atoms with E-state index in [-0.39, 0.29) is 50.1 Å². The van der Waals surface area contributed by atoms with Crippen molar-refractivity contribution >= 4 is 43.1 Å². The van der Waals surface area contributed by atoms with E-state index in [1.807, 2.05) is 12.1 Å². The number of imidazole rings is 1. The predicted octanol–water partition coefficient (Wildman–Crippen LogP) is 3.25. The number of Topliss-reactive ketones (excluding diaryl/α,β-unsaturated/α-hetero) is 1. The third-order valence-corrected chi connectivity index (χ3v) is 8.10. The number of hydrogen-bond acceptors (Lipinski definition) is 8. The molecule has 1 atom stereocenters. The molecule has 13 heteroatoms. The first-order chi connectivity index (χ1) is 19.6. The number of piperazine rings is 1. The molecular formula is C28H29BrFN5O5S. The zero-order valence-corrected chi connectivity index (χ0v) is 24.8. The molecule has 1 fully saturated rings. The molecule has 41 heavy (non-hydrogen) atoms. The highest BCUT2D eigenvalue weighted by atomic mass is 79.9. The molecule has 0 saturated carbocycles. The fourth-order valence-corrected chi connectivity index (χ4v) is 5.80. The van der Waals surface area contributed by atoms with Crippen LogP contribution in [0, 0.1) is 11.3 Å². The standard InChI is InChI=1S/C28H29BrFN5O5S/c1-41(38,39)9-6-23-16-35(24-10-22(29)11-25(12-24)40-8-7-30)28(37)18-33(23)17-27(36)26-14-32-19-34(26)15-21-4-2-20(13-31)3-5-21/h2-5,10-12,14,19,23H,6-9,15-18H2,1H3/t23-/m0/s1. The highest BCUT2D eigenvalue weighted by Gasteiger charge is 2.35. The molecule has 1 aromatic heterocycles. The Morgan fingerprint density at radius 1 is 1.24 bits per heavy atom. The zero-order chi connectivity index (χ0) is 29.6. The van der Waals surface area contributed by atoms with Gasteiger partial charge in [0.15, 0.2) is 5.78 Å². The summed E-state index contributed by atoms with van der Waals surface area (Å²) in [5.74, 6) is -0.245. The number of ether oxygens (including phenoxy) is 1. The number of carbonyl (C=O) groups excluding carboxylic acids is 2. The summed E-state index contributed by atoms with van der Waals surface area (Å²) in [5.41, 5.74) is 2.29.